The number of amides is 1. The average molecular weight is 324 g/mol. The highest BCUT2D eigenvalue weighted by Gasteiger charge is 2.26. The minimum absolute atomic E-state index is 0.0458. The van der Waals surface area contributed by atoms with Gasteiger partial charge in [-0.2, -0.15) is 13.2 Å². The fourth-order valence-corrected chi connectivity index (χ4v) is 2.54. The minimum Gasteiger partial charge on any atom is -0.382 e. The summed E-state index contributed by atoms with van der Waals surface area (Å²) < 4.78 is 36.0. The van der Waals surface area contributed by atoms with Gasteiger partial charge in [0.1, 0.15) is 10.7 Å². The van der Waals surface area contributed by atoms with Crippen LogP contribution in [0.15, 0.2) is 0 Å². The second-order valence-electron chi connectivity index (χ2n) is 4.61. The van der Waals surface area contributed by atoms with Gasteiger partial charge in [-0.3, -0.25) is 4.79 Å². The number of nitrogen functional groups attached to an aromatic ring is 1. The van der Waals surface area contributed by atoms with Gasteiger partial charge in [0, 0.05) is 26.6 Å². The molecular formula is C12H19F3N4OS. The van der Waals surface area contributed by atoms with Crippen molar-refractivity contribution in [1.29, 1.82) is 0 Å². The molecule has 0 saturated heterocycles. The lowest BCUT2D eigenvalue weighted by Crippen LogP contribution is -2.25. The molecule has 0 spiro atoms. The zero-order valence-corrected chi connectivity index (χ0v) is 12.8. The van der Waals surface area contributed by atoms with Gasteiger partial charge in [0.2, 0.25) is 0 Å². The number of nitrogens with one attached hydrogen (secondary N) is 1. The number of hydrogen-bond acceptors (Lipinski definition) is 5. The Bertz CT molecular complexity index is 476. The van der Waals surface area contributed by atoms with Crippen molar-refractivity contribution in [2.75, 3.05) is 30.8 Å². The van der Waals surface area contributed by atoms with Crippen molar-refractivity contribution in [3.63, 3.8) is 0 Å². The summed E-state index contributed by atoms with van der Waals surface area (Å²) in [7, 11) is 1.84. The summed E-state index contributed by atoms with van der Waals surface area (Å²) in [5.41, 5.74) is 5.68. The fourth-order valence-electron chi connectivity index (χ4n) is 1.65. The molecule has 5 nitrogen and oxygen atoms in total. The van der Waals surface area contributed by atoms with E-state index in [-0.39, 0.29) is 23.7 Å². The van der Waals surface area contributed by atoms with Crippen molar-refractivity contribution in [2.45, 2.75) is 32.4 Å². The van der Waals surface area contributed by atoms with E-state index < -0.39 is 18.5 Å². The number of thiazole rings is 1. The Labute approximate surface area is 125 Å². The molecule has 1 aromatic heterocycles. The van der Waals surface area contributed by atoms with E-state index in [0.29, 0.717) is 5.13 Å². The molecule has 0 bridgehead atoms. The number of halogens is 3. The highest BCUT2D eigenvalue weighted by atomic mass is 32.1. The van der Waals surface area contributed by atoms with Gasteiger partial charge in [-0.25, -0.2) is 4.98 Å². The Hall–Kier alpha value is -1.51. The third-order valence-electron chi connectivity index (χ3n) is 2.66. The van der Waals surface area contributed by atoms with Gasteiger partial charge in [-0.15, -0.1) is 0 Å². The van der Waals surface area contributed by atoms with Crippen molar-refractivity contribution in [3.05, 3.63) is 4.88 Å². The quantitative estimate of drug-likeness (QED) is 0.757. The lowest BCUT2D eigenvalue weighted by Gasteiger charge is -2.13. The number of aromatic nitrogens is 1. The van der Waals surface area contributed by atoms with Crippen LogP contribution in [0.2, 0.25) is 0 Å². The number of rotatable bonds is 7. The van der Waals surface area contributed by atoms with Gasteiger partial charge < -0.3 is 16.0 Å². The van der Waals surface area contributed by atoms with Gasteiger partial charge in [-0.05, 0) is 12.8 Å². The first-order valence-corrected chi connectivity index (χ1v) is 7.38. The van der Waals surface area contributed by atoms with Gasteiger partial charge in [0.25, 0.3) is 5.91 Å². The van der Waals surface area contributed by atoms with E-state index in [1.54, 1.807) is 0 Å². The van der Waals surface area contributed by atoms with Crippen molar-refractivity contribution < 1.29 is 18.0 Å². The van der Waals surface area contributed by atoms with Crippen LogP contribution in [0.5, 0.6) is 0 Å². The number of anilines is 2. The first kappa shape index (κ1) is 17.5. The number of nitrogens with two attached hydrogens (primary N) is 1. The van der Waals surface area contributed by atoms with E-state index >= 15 is 0 Å². The lowest BCUT2D eigenvalue weighted by atomic mass is 10.3. The van der Waals surface area contributed by atoms with Crippen LogP contribution in [0.25, 0.3) is 0 Å². The van der Waals surface area contributed by atoms with Crippen LogP contribution < -0.4 is 16.0 Å². The molecule has 1 aromatic rings. The zero-order valence-electron chi connectivity index (χ0n) is 12.0. The summed E-state index contributed by atoms with van der Waals surface area (Å²) in [6, 6.07) is 0. The van der Waals surface area contributed by atoms with E-state index in [1.165, 1.54) is 0 Å². The summed E-state index contributed by atoms with van der Waals surface area (Å²) >= 11 is 1.13. The van der Waals surface area contributed by atoms with Crippen molar-refractivity contribution in [2.24, 2.45) is 0 Å². The molecule has 9 heteroatoms. The highest BCUT2D eigenvalue weighted by molar-refractivity contribution is 7.18. The zero-order chi connectivity index (χ0) is 16.0. The van der Waals surface area contributed by atoms with Gasteiger partial charge in [0.05, 0.1) is 0 Å². The predicted molar refractivity (Wildman–Crippen MR) is 77.7 cm³/mol. The minimum atomic E-state index is -4.20. The molecule has 21 heavy (non-hydrogen) atoms. The maximum atomic E-state index is 12.0. The molecule has 0 saturated carbocycles. The smallest absolute Gasteiger partial charge is 0.382 e. The Kier molecular flexibility index (Phi) is 6.25. The van der Waals surface area contributed by atoms with Gasteiger partial charge in [0.15, 0.2) is 5.13 Å². The summed E-state index contributed by atoms with van der Waals surface area (Å²) in [6.45, 7) is 2.75. The average Bonchev–Trinajstić information content (AvgIpc) is 2.76. The third kappa shape index (κ3) is 5.78. The molecule has 0 aliphatic rings. The monoisotopic (exact) mass is 324 g/mol. The number of carbonyl (C=O) groups is 1. The molecule has 0 aromatic carbocycles. The van der Waals surface area contributed by atoms with Crippen LogP contribution in [-0.4, -0.2) is 37.2 Å². The highest BCUT2D eigenvalue weighted by Crippen LogP contribution is 2.27. The van der Waals surface area contributed by atoms with Crippen molar-refractivity contribution in [3.8, 4) is 0 Å². The maximum Gasteiger partial charge on any atom is 0.389 e. The molecule has 0 aliphatic heterocycles. The van der Waals surface area contributed by atoms with Crippen LogP contribution in [0.3, 0.4) is 0 Å². The van der Waals surface area contributed by atoms with Gasteiger partial charge >= 0.3 is 6.18 Å². The standard InChI is InChI=1S/C12H19F3N4OS/c1-3-7-19(2)11-18-9(16)8(21-11)10(20)17-6-4-5-12(13,14)15/h3-7,16H2,1-2H3,(H,17,20). The Morgan fingerprint density at radius 3 is 2.71 bits per heavy atom. The second-order valence-corrected chi connectivity index (χ2v) is 5.58. The molecule has 0 unspecified atom stereocenters. The first-order valence-electron chi connectivity index (χ1n) is 6.57. The molecule has 0 radical (unpaired) electrons. The number of nitrogens with zero attached hydrogens (tertiary/aromatic N) is 2. The van der Waals surface area contributed by atoms with Crippen LogP contribution in [-0.2, 0) is 0 Å². The van der Waals surface area contributed by atoms with Crippen LogP contribution >= 0.6 is 11.3 Å². The Morgan fingerprint density at radius 2 is 2.14 bits per heavy atom. The largest absolute Gasteiger partial charge is 0.389 e. The molecule has 1 rings (SSSR count). The van der Waals surface area contributed by atoms with Crippen LogP contribution in [0.1, 0.15) is 35.9 Å². The number of carbonyl (C=O) groups excluding carboxylic acids is 1. The third-order valence-corrected chi connectivity index (χ3v) is 3.84. The van der Waals surface area contributed by atoms with E-state index in [2.05, 4.69) is 10.3 Å². The van der Waals surface area contributed by atoms with Gasteiger partial charge in [-0.1, -0.05) is 18.3 Å². The Morgan fingerprint density at radius 1 is 1.48 bits per heavy atom. The molecule has 0 atom stereocenters. The summed E-state index contributed by atoms with van der Waals surface area (Å²) in [4.78, 5) is 18.1. The molecular weight excluding hydrogens is 305 g/mol. The topological polar surface area (TPSA) is 71.2 Å². The molecule has 0 aliphatic carbocycles. The molecule has 3 N–H and O–H groups in total. The van der Waals surface area contributed by atoms with E-state index in [9.17, 15) is 18.0 Å². The SMILES string of the molecule is CCCN(C)c1nc(N)c(C(=O)NCCCC(F)(F)F)s1. The maximum absolute atomic E-state index is 12.0. The number of hydrogen-bond donors (Lipinski definition) is 2. The molecule has 120 valence electrons. The van der Waals surface area contributed by atoms with Crippen LogP contribution in [0.4, 0.5) is 24.1 Å². The van der Waals surface area contributed by atoms with Crippen molar-refractivity contribution in [1.82, 2.24) is 10.3 Å². The lowest BCUT2D eigenvalue weighted by molar-refractivity contribution is -0.135. The normalized spacial score (nSPS) is 11.5. The van der Waals surface area contributed by atoms with E-state index in [0.717, 1.165) is 24.3 Å². The summed E-state index contributed by atoms with van der Waals surface area (Å²) in [5, 5.41) is 3.05. The molecule has 1 amide bonds. The molecule has 0 fully saturated rings. The number of alkyl halides is 3. The summed E-state index contributed by atoms with van der Waals surface area (Å²) in [6.07, 6.45) is -4.36. The predicted octanol–water partition coefficient (Wildman–Crippen LogP) is 2.64. The van der Waals surface area contributed by atoms with Crippen LogP contribution in [0, 0.1) is 0 Å². The fraction of sp³-hybridized carbons (Fsp3) is 0.667. The summed E-state index contributed by atoms with van der Waals surface area (Å²) in [5.74, 6) is -0.380. The first-order chi connectivity index (χ1) is 9.74. The second kappa shape index (κ2) is 7.48. The van der Waals surface area contributed by atoms with E-state index in [1.807, 2.05) is 18.9 Å². The van der Waals surface area contributed by atoms with Crippen molar-refractivity contribution >= 4 is 28.2 Å². The van der Waals surface area contributed by atoms with E-state index in [4.69, 9.17) is 5.73 Å². The molecule has 1 heterocycles. The Balaban J connectivity index is 2.54.